The fourth-order valence-electron chi connectivity index (χ4n) is 1.76. The molecule has 0 unspecified atom stereocenters. The van der Waals surface area contributed by atoms with Gasteiger partial charge in [0, 0.05) is 0 Å². The Morgan fingerprint density at radius 2 is 1.75 bits per heavy atom. The van der Waals surface area contributed by atoms with Gasteiger partial charge in [0.1, 0.15) is 18.4 Å². The normalized spacial score (nSPS) is 11.7. The summed E-state index contributed by atoms with van der Waals surface area (Å²) in [7, 11) is 1.61. The highest BCUT2D eigenvalue weighted by Gasteiger charge is 2.16. The van der Waals surface area contributed by atoms with Crippen LogP contribution >= 0.6 is 0 Å². The highest BCUT2D eigenvalue weighted by atomic mass is 16.5. The summed E-state index contributed by atoms with van der Waals surface area (Å²) < 4.78 is 10.3. The summed E-state index contributed by atoms with van der Waals surface area (Å²) in [5, 5.41) is 0. The first-order valence-corrected chi connectivity index (χ1v) is 6.31. The molecule has 0 saturated heterocycles. The SMILES string of the molecule is COc1ccc(COC(=O)[C@H](N)c2ccccc2)cc1. The van der Waals surface area contributed by atoms with Crippen LogP contribution in [-0.4, -0.2) is 13.1 Å². The lowest BCUT2D eigenvalue weighted by Crippen LogP contribution is -2.23. The van der Waals surface area contributed by atoms with E-state index in [1.165, 1.54) is 0 Å². The van der Waals surface area contributed by atoms with Crippen LogP contribution < -0.4 is 10.5 Å². The first kappa shape index (κ1) is 14.1. The maximum Gasteiger partial charge on any atom is 0.327 e. The molecular formula is C16H17NO3. The summed E-state index contributed by atoms with van der Waals surface area (Å²) >= 11 is 0. The lowest BCUT2D eigenvalue weighted by molar-refractivity contribution is -0.146. The number of benzene rings is 2. The molecule has 0 saturated carbocycles. The molecule has 0 heterocycles. The van der Waals surface area contributed by atoms with E-state index in [0.717, 1.165) is 16.9 Å². The van der Waals surface area contributed by atoms with E-state index >= 15 is 0 Å². The number of nitrogens with two attached hydrogens (primary N) is 1. The zero-order valence-electron chi connectivity index (χ0n) is 11.3. The van der Waals surface area contributed by atoms with Crippen molar-refractivity contribution in [1.82, 2.24) is 0 Å². The van der Waals surface area contributed by atoms with Crippen molar-refractivity contribution in [1.29, 1.82) is 0 Å². The van der Waals surface area contributed by atoms with E-state index in [9.17, 15) is 4.79 Å². The molecule has 0 radical (unpaired) electrons. The number of hydrogen-bond donors (Lipinski definition) is 1. The van der Waals surface area contributed by atoms with Crippen molar-refractivity contribution >= 4 is 5.97 Å². The van der Waals surface area contributed by atoms with Crippen LogP contribution in [0.5, 0.6) is 5.75 Å². The summed E-state index contributed by atoms with van der Waals surface area (Å²) in [5.74, 6) is 0.327. The maximum atomic E-state index is 11.9. The second kappa shape index (κ2) is 6.73. The molecule has 104 valence electrons. The van der Waals surface area contributed by atoms with Gasteiger partial charge in [-0.25, -0.2) is 4.79 Å². The van der Waals surface area contributed by atoms with Crippen molar-refractivity contribution in [3.63, 3.8) is 0 Å². The van der Waals surface area contributed by atoms with Crippen LogP contribution in [0.15, 0.2) is 54.6 Å². The molecular weight excluding hydrogens is 254 g/mol. The Hall–Kier alpha value is -2.33. The standard InChI is InChI=1S/C16H17NO3/c1-19-14-9-7-12(8-10-14)11-20-16(18)15(17)13-5-3-2-4-6-13/h2-10,15H,11,17H2,1H3/t15-/m1/s1. The van der Waals surface area contributed by atoms with Crippen LogP contribution in [0.3, 0.4) is 0 Å². The first-order valence-electron chi connectivity index (χ1n) is 6.31. The van der Waals surface area contributed by atoms with Gasteiger partial charge in [0.15, 0.2) is 0 Å². The lowest BCUT2D eigenvalue weighted by atomic mass is 10.1. The van der Waals surface area contributed by atoms with Gasteiger partial charge >= 0.3 is 5.97 Å². The van der Waals surface area contributed by atoms with Crippen LogP contribution in [0.1, 0.15) is 17.2 Å². The van der Waals surface area contributed by atoms with Gasteiger partial charge in [0.05, 0.1) is 7.11 Å². The minimum atomic E-state index is -0.755. The molecule has 0 aliphatic heterocycles. The Kier molecular flexibility index (Phi) is 4.74. The summed E-state index contributed by atoms with van der Waals surface area (Å²) in [6.45, 7) is 0.198. The molecule has 4 heteroatoms. The van der Waals surface area contributed by atoms with Crippen LogP contribution in [0.4, 0.5) is 0 Å². The lowest BCUT2D eigenvalue weighted by Gasteiger charge is -2.12. The second-order valence-electron chi connectivity index (χ2n) is 4.34. The van der Waals surface area contributed by atoms with E-state index in [4.69, 9.17) is 15.2 Å². The number of rotatable bonds is 5. The average molecular weight is 271 g/mol. The van der Waals surface area contributed by atoms with Crippen molar-refractivity contribution in [3.8, 4) is 5.75 Å². The van der Waals surface area contributed by atoms with Crippen LogP contribution in [0.25, 0.3) is 0 Å². The molecule has 0 aliphatic carbocycles. The van der Waals surface area contributed by atoms with Crippen molar-refractivity contribution in [2.75, 3.05) is 7.11 Å². The van der Waals surface area contributed by atoms with E-state index in [0.29, 0.717) is 0 Å². The van der Waals surface area contributed by atoms with Gasteiger partial charge in [-0.2, -0.15) is 0 Å². The van der Waals surface area contributed by atoms with Crippen molar-refractivity contribution < 1.29 is 14.3 Å². The molecule has 0 amide bonds. The number of esters is 1. The number of carbonyl (C=O) groups is 1. The summed E-state index contributed by atoms with van der Waals surface area (Å²) in [6, 6.07) is 15.7. The Morgan fingerprint density at radius 1 is 1.10 bits per heavy atom. The van der Waals surface area contributed by atoms with E-state index in [1.807, 2.05) is 42.5 Å². The van der Waals surface area contributed by atoms with E-state index in [1.54, 1.807) is 19.2 Å². The number of methoxy groups -OCH3 is 1. The molecule has 2 aromatic rings. The topological polar surface area (TPSA) is 61.5 Å². The fraction of sp³-hybridized carbons (Fsp3) is 0.188. The summed E-state index contributed by atoms with van der Waals surface area (Å²) in [6.07, 6.45) is 0. The molecule has 2 rings (SSSR count). The Labute approximate surface area is 118 Å². The largest absolute Gasteiger partial charge is 0.497 e. The Balaban J connectivity index is 1.91. The predicted octanol–water partition coefficient (Wildman–Crippen LogP) is 2.44. The van der Waals surface area contributed by atoms with E-state index in [-0.39, 0.29) is 6.61 Å². The first-order chi connectivity index (χ1) is 9.70. The van der Waals surface area contributed by atoms with Gasteiger partial charge in [-0.1, -0.05) is 42.5 Å². The van der Waals surface area contributed by atoms with Crippen LogP contribution in [0.2, 0.25) is 0 Å². The van der Waals surface area contributed by atoms with Gasteiger partial charge < -0.3 is 15.2 Å². The molecule has 20 heavy (non-hydrogen) atoms. The fourth-order valence-corrected chi connectivity index (χ4v) is 1.76. The van der Waals surface area contributed by atoms with Crippen LogP contribution in [0, 0.1) is 0 Å². The smallest absolute Gasteiger partial charge is 0.327 e. The minimum Gasteiger partial charge on any atom is -0.497 e. The number of hydrogen-bond acceptors (Lipinski definition) is 4. The molecule has 0 bridgehead atoms. The number of ether oxygens (including phenoxy) is 2. The monoisotopic (exact) mass is 271 g/mol. The molecule has 2 aromatic carbocycles. The molecule has 0 fully saturated rings. The summed E-state index contributed by atoms with van der Waals surface area (Å²) in [4.78, 5) is 11.9. The van der Waals surface area contributed by atoms with Gasteiger partial charge in [0.25, 0.3) is 0 Å². The quantitative estimate of drug-likeness (QED) is 0.848. The molecule has 4 nitrogen and oxygen atoms in total. The number of carbonyl (C=O) groups excluding carboxylic acids is 1. The van der Waals surface area contributed by atoms with Gasteiger partial charge in [-0.15, -0.1) is 0 Å². The van der Waals surface area contributed by atoms with Gasteiger partial charge in [-0.3, -0.25) is 0 Å². The van der Waals surface area contributed by atoms with Crippen molar-refractivity contribution in [3.05, 3.63) is 65.7 Å². The van der Waals surface area contributed by atoms with Crippen molar-refractivity contribution in [2.24, 2.45) is 5.73 Å². The molecule has 2 N–H and O–H groups in total. The third-order valence-corrected chi connectivity index (χ3v) is 2.95. The second-order valence-corrected chi connectivity index (χ2v) is 4.34. The summed E-state index contributed by atoms with van der Waals surface area (Å²) in [5.41, 5.74) is 7.48. The highest BCUT2D eigenvalue weighted by molar-refractivity contribution is 5.77. The van der Waals surface area contributed by atoms with E-state index in [2.05, 4.69) is 0 Å². The maximum absolute atomic E-state index is 11.9. The Bertz CT molecular complexity index is 552. The molecule has 1 atom stereocenters. The minimum absolute atomic E-state index is 0.198. The zero-order valence-corrected chi connectivity index (χ0v) is 11.3. The highest BCUT2D eigenvalue weighted by Crippen LogP contribution is 2.14. The third kappa shape index (κ3) is 3.59. The molecule has 0 aromatic heterocycles. The Morgan fingerprint density at radius 3 is 2.35 bits per heavy atom. The molecule has 0 aliphatic rings. The zero-order chi connectivity index (χ0) is 14.4. The average Bonchev–Trinajstić information content (AvgIpc) is 2.53. The van der Waals surface area contributed by atoms with Gasteiger partial charge in [-0.05, 0) is 23.3 Å². The molecule has 0 spiro atoms. The van der Waals surface area contributed by atoms with Gasteiger partial charge in [0.2, 0.25) is 0 Å². The van der Waals surface area contributed by atoms with E-state index < -0.39 is 12.0 Å². The van der Waals surface area contributed by atoms with Crippen LogP contribution in [-0.2, 0) is 16.1 Å². The van der Waals surface area contributed by atoms with Crippen molar-refractivity contribution in [2.45, 2.75) is 12.6 Å². The third-order valence-electron chi connectivity index (χ3n) is 2.95. The predicted molar refractivity (Wildman–Crippen MR) is 76.2 cm³/mol.